The summed E-state index contributed by atoms with van der Waals surface area (Å²) in [5.74, 6) is 5.79. The average Bonchev–Trinajstić information content (AvgIpc) is 2.28. The predicted molar refractivity (Wildman–Crippen MR) is 78.1 cm³/mol. The van der Waals surface area contributed by atoms with E-state index in [0.717, 1.165) is 35.5 Å². The van der Waals surface area contributed by atoms with Crippen molar-refractivity contribution < 1.29 is 0 Å². The van der Waals surface area contributed by atoms with Crippen LogP contribution < -0.4 is 0 Å². The summed E-state index contributed by atoms with van der Waals surface area (Å²) in [5.41, 5.74) is 0. The summed E-state index contributed by atoms with van der Waals surface area (Å²) in [5, 5.41) is 0. The van der Waals surface area contributed by atoms with Gasteiger partial charge in [0, 0.05) is 0 Å². The molecule has 5 atom stereocenters. The lowest BCUT2D eigenvalue weighted by molar-refractivity contribution is 0.00444. The number of hydrogen-bond donors (Lipinski definition) is 0. The molecule has 0 N–H and O–H groups in total. The van der Waals surface area contributed by atoms with E-state index in [1.165, 1.54) is 32.1 Å². The lowest BCUT2D eigenvalue weighted by Gasteiger charge is -2.49. The lowest BCUT2D eigenvalue weighted by atomic mass is 9.56. The number of unbranched alkanes of at least 4 members (excludes halogenated alkanes) is 1. The molecular weight excluding hydrogens is 204 g/mol. The summed E-state index contributed by atoms with van der Waals surface area (Å²) in [6.07, 6.45) is 7.17. The van der Waals surface area contributed by atoms with Crippen LogP contribution in [0.2, 0.25) is 0 Å². The van der Waals surface area contributed by atoms with Crippen LogP contribution in [-0.2, 0) is 0 Å². The van der Waals surface area contributed by atoms with Crippen LogP contribution in [-0.4, -0.2) is 0 Å². The van der Waals surface area contributed by atoms with Crippen molar-refractivity contribution in [2.75, 3.05) is 0 Å². The van der Waals surface area contributed by atoms with E-state index < -0.39 is 0 Å². The third kappa shape index (κ3) is 4.00. The van der Waals surface area contributed by atoms with Gasteiger partial charge in [0.2, 0.25) is 0 Å². The Hall–Kier alpha value is 0. The molecule has 0 spiro atoms. The van der Waals surface area contributed by atoms with E-state index in [1.807, 2.05) is 0 Å². The van der Waals surface area contributed by atoms with Gasteiger partial charge in [-0.2, -0.15) is 0 Å². The quantitative estimate of drug-likeness (QED) is 0.528. The number of hydrogen-bond acceptors (Lipinski definition) is 0. The fourth-order valence-electron chi connectivity index (χ4n) is 3.77. The monoisotopic (exact) mass is 238 g/mol. The summed E-state index contributed by atoms with van der Waals surface area (Å²) in [7, 11) is 0. The van der Waals surface area contributed by atoms with Crippen LogP contribution in [0.3, 0.4) is 0 Å². The van der Waals surface area contributed by atoms with E-state index in [1.54, 1.807) is 0 Å². The maximum absolute atomic E-state index is 2.52. The minimum Gasteiger partial charge on any atom is -0.0654 e. The molecule has 17 heavy (non-hydrogen) atoms. The Bertz CT molecular complexity index is 206. The van der Waals surface area contributed by atoms with E-state index in [0.29, 0.717) is 0 Å². The van der Waals surface area contributed by atoms with Crippen molar-refractivity contribution in [2.24, 2.45) is 35.5 Å². The second-order valence-corrected chi connectivity index (χ2v) is 7.15. The molecule has 1 saturated carbocycles. The van der Waals surface area contributed by atoms with Crippen molar-refractivity contribution in [1.29, 1.82) is 0 Å². The molecule has 0 aromatic rings. The Morgan fingerprint density at radius 3 is 2.24 bits per heavy atom. The van der Waals surface area contributed by atoms with E-state index in [4.69, 9.17) is 0 Å². The SMILES string of the molecule is CCCCC(C)C(C)C1CC(C)C1CC(C)C. The summed E-state index contributed by atoms with van der Waals surface area (Å²) < 4.78 is 0. The molecule has 5 unspecified atom stereocenters. The highest BCUT2D eigenvalue weighted by Crippen LogP contribution is 2.49. The maximum Gasteiger partial charge on any atom is -0.0352 e. The van der Waals surface area contributed by atoms with Gasteiger partial charge in [-0.3, -0.25) is 0 Å². The molecule has 0 aliphatic heterocycles. The largest absolute Gasteiger partial charge is 0.0654 e. The van der Waals surface area contributed by atoms with Crippen molar-refractivity contribution in [3.05, 3.63) is 0 Å². The highest BCUT2D eigenvalue weighted by Gasteiger charge is 2.41. The molecule has 0 amide bonds. The van der Waals surface area contributed by atoms with Gasteiger partial charge in [0.05, 0.1) is 0 Å². The topological polar surface area (TPSA) is 0 Å². The van der Waals surface area contributed by atoms with Crippen LogP contribution in [0.1, 0.15) is 73.6 Å². The molecule has 0 saturated heterocycles. The molecule has 1 aliphatic rings. The fraction of sp³-hybridized carbons (Fsp3) is 1.00. The summed E-state index contributed by atoms with van der Waals surface area (Å²) in [6, 6.07) is 0. The van der Waals surface area contributed by atoms with E-state index in [-0.39, 0.29) is 0 Å². The van der Waals surface area contributed by atoms with Gasteiger partial charge in [-0.25, -0.2) is 0 Å². The first-order valence-electron chi connectivity index (χ1n) is 7.97. The minimum atomic E-state index is 0.878. The second-order valence-electron chi connectivity index (χ2n) is 7.15. The van der Waals surface area contributed by atoms with Gasteiger partial charge < -0.3 is 0 Å². The lowest BCUT2D eigenvalue weighted by Crippen LogP contribution is -2.41. The molecule has 0 heterocycles. The summed E-state index contributed by atoms with van der Waals surface area (Å²) >= 11 is 0. The molecular formula is C17H34. The Kier molecular flexibility index (Phi) is 6.03. The van der Waals surface area contributed by atoms with Crippen LogP contribution >= 0.6 is 0 Å². The van der Waals surface area contributed by atoms with Gasteiger partial charge in [-0.1, -0.05) is 60.8 Å². The van der Waals surface area contributed by atoms with Crippen LogP contribution in [0.25, 0.3) is 0 Å². The van der Waals surface area contributed by atoms with Crippen molar-refractivity contribution in [3.63, 3.8) is 0 Å². The van der Waals surface area contributed by atoms with Gasteiger partial charge in [-0.05, 0) is 48.3 Å². The van der Waals surface area contributed by atoms with Gasteiger partial charge in [0.25, 0.3) is 0 Å². The van der Waals surface area contributed by atoms with Gasteiger partial charge in [0.1, 0.15) is 0 Å². The van der Waals surface area contributed by atoms with Crippen molar-refractivity contribution in [3.8, 4) is 0 Å². The minimum absolute atomic E-state index is 0.878. The van der Waals surface area contributed by atoms with Crippen LogP contribution in [0, 0.1) is 35.5 Å². The predicted octanol–water partition coefficient (Wildman–Crippen LogP) is 5.77. The molecule has 102 valence electrons. The molecule has 0 aromatic carbocycles. The normalized spacial score (nSPS) is 32.3. The smallest absolute Gasteiger partial charge is 0.0352 e. The van der Waals surface area contributed by atoms with Crippen LogP contribution in [0.4, 0.5) is 0 Å². The highest BCUT2D eigenvalue weighted by atomic mass is 14.5. The molecule has 0 bridgehead atoms. The van der Waals surface area contributed by atoms with Crippen molar-refractivity contribution >= 4 is 0 Å². The Labute approximate surface area is 110 Å². The highest BCUT2D eigenvalue weighted by molar-refractivity contribution is 4.91. The zero-order valence-corrected chi connectivity index (χ0v) is 13.0. The summed E-state index contributed by atoms with van der Waals surface area (Å²) in [4.78, 5) is 0. The molecule has 1 rings (SSSR count). The van der Waals surface area contributed by atoms with Gasteiger partial charge >= 0.3 is 0 Å². The standard InChI is InChI=1S/C17H34/c1-7-8-9-13(4)15(6)17-11-14(5)16(17)10-12(2)3/h12-17H,7-11H2,1-6H3. The zero-order valence-electron chi connectivity index (χ0n) is 13.0. The van der Waals surface area contributed by atoms with E-state index in [2.05, 4.69) is 41.5 Å². The third-order valence-corrected chi connectivity index (χ3v) is 5.25. The molecule has 1 aliphatic carbocycles. The average molecular weight is 238 g/mol. The van der Waals surface area contributed by atoms with Crippen molar-refractivity contribution in [1.82, 2.24) is 0 Å². The zero-order chi connectivity index (χ0) is 13.0. The van der Waals surface area contributed by atoms with Gasteiger partial charge in [-0.15, -0.1) is 0 Å². The van der Waals surface area contributed by atoms with Crippen molar-refractivity contribution in [2.45, 2.75) is 73.6 Å². The third-order valence-electron chi connectivity index (χ3n) is 5.25. The van der Waals surface area contributed by atoms with Crippen LogP contribution in [0.5, 0.6) is 0 Å². The summed E-state index contributed by atoms with van der Waals surface area (Å²) in [6.45, 7) is 14.5. The molecule has 0 nitrogen and oxygen atoms in total. The fourth-order valence-corrected chi connectivity index (χ4v) is 3.77. The van der Waals surface area contributed by atoms with E-state index in [9.17, 15) is 0 Å². The molecule has 0 aromatic heterocycles. The Morgan fingerprint density at radius 2 is 1.76 bits per heavy atom. The first-order valence-corrected chi connectivity index (χ1v) is 7.97. The van der Waals surface area contributed by atoms with Gasteiger partial charge in [0.15, 0.2) is 0 Å². The molecule has 0 heteroatoms. The first kappa shape index (κ1) is 15.1. The van der Waals surface area contributed by atoms with Crippen LogP contribution in [0.15, 0.2) is 0 Å². The molecule has 0 radical (unpaired) electrons. The maximum atomic E-state index is 2.52. The molecule has 1 fully saturated rings. The Balaban J connectivity index is 2.43. The second kappa shape index (κ2) is 6.81. The Morgan fingerprint density at radius 1 is 1.12 bits per heavy atom. The first-order chi connectivity index (χ1) is 7.97. The van der Waals surface area contributed by atoms with E-state index >= 15 is 0 Å². The number of rotatable bonds is 7.